The van der Waals surface area contributed by atoms with Gasteiger partial charge in [-0.1, -0.05) is 30.3 Å². The van der Waals surface area contributed by atoms with E-state index >= 15 is 0 Å². The van der Waals surface area contributed by atoms with E-state index < -0.39 is 18.0 Å². The summed E-state index contributed by atoms with van der Waals surface area (Å²) in [5.41, 5.74) is 5.86. The van der Waals surface area contributed by atoms with Gasteiger partial charge in [0.1, 0.15) is 12.6 Å². The molecule has 1 aromatic rings. The molecule has 5 nitrogen and oxygen atoms in total. The monoisotopic (exact) mass is 226 g/mol. The second-order valence-electron chi connectivity index (χ2n) is 3.33. The Balaban J connectivity index is 0. The first-order chi connectivity index (χ1) is 7.59. The number of alkyl carbamates (subject to hydrolysis) is 1. The van der Waals surface area contributed by atoms with Crippen LogP contribution in [0.25, 0.3) is 0 Å². The first kappa shape index (κ1) is 12.0. The van der Waals surface area contributed by atoms with Crippen molar-refractivity contribution in [3.63, 3.8) is 0 Å². The molecule has 0 saturated heterocycles. The first-order valence-corrected chi connectivity index (χ1v) is 4.86. The Morgan fingerprint density at radius 1 is 1.44 bits per heavy atom. The number of hydrogen-bond donors (Lipinski definition) is 2. The summed E-state index contributed by atoms with van der Waals surface area (Å²) in [6, 6.07) is 8.52. The van der Waals surface area contributed by atoms with Crippen LogP contribution in [-0.2, 0) is 16.1 Å². The average molecular weight is 226 g/mol. The van der Waals surface area contributed by atoms with E-state index in [-0.39, 0.29) is 9.46 Å². The Morgan fingerprint density at radius 2 is 2.06 bits per heavy atom. The highest BCUT2D eigenvalue weighted by atomic mass is 16.5. The number of benzene rings is 1. The summed E-state index contributed by atoms with van der Waals surface area (Å²) >= 11 is 0. The van der Waals surface area contributed by atoms with Crippen molar-refractivity contribution < 1.29 is 17.2 Å². The van der Waals surface area contributed by atoms with Gasteiger partial charge in [0.05, 0.1) is 0 Å². The van der Waals surface area contributed by atoms with E-state index in [0.717, 1.165) is 5.56 Å². The third-order valence-electron chi connectivity index (χ3n) is 1.97. The molecule has 90 valence electrons. The number of nitrogens with one attached hydrogen (secondary N) is 1. The van der Waals surface area contributed by atoms with E-state index in [9.17, 15) is 9.59 Å². The Kier molecular flexibility index (Phi) is 4.32. The average Bonchev–Trinajstić information content (AvgIpc) is 2.27. The Labute approximate surface area is 96.6 Å². The quantitative estimate of drug-likeness (QED) is 0.811. The molecule has 1 aromatic carbocycles. The molecule has 0 spiro atoms. The molecule has 1 rings (SSSR count). The predicted octanol–water partition coefficient (Wildman–Crippen LogP) is 1.28. The highest BCUT2D eigenvalue weighted by Gasteiger charge is 2.12. The maximum absolute atomic E-state index is 11.2. The van der Waals surface area contributed by atoms with E-state index in [1.54, 1.807) is 0 Å². The second-order valence-corrected chi connectivity index (χ2v) is 3.33. The number of ether oxygens (including phenoxy) is 1. The van der Waals surface area contributed by atoms with Crippen molar-refractivity contribution in [1.29, 1.82) is 0 Å². The Morgan fingerprint density at radius 3 is 2.62 bits per heavy atom. The van der Waals surface area contributed by atoms with Crippen molar-refractivity contribution in [2.45, 2.75) is 19.6 Å². The second kappa shape index (κ2) is 5.75. The van der Waals surface area contributed by atoms with Gasteiger partial charge < -0.3 is 15.8 Å². The van der Waals surface area contributed by atoms with Crippen molar-refractivity contribution in [2.24, 2.45) is 5.73 Å². The molecular formula is C11H18N2O3. The number of primary amides is 1. The van der Waals surface area contributed by atoms with Gasteiger partial charge in [-0.3, -0.25) is 4.79 Å². The molecule has 16 heavy (non-hydrogen) atoms. The van der Waals surface area contributed by atoms with E-state index in [1.807, 2.05) is 30.3 Å². The molecule has 2 amide bonds. The van der Waals surface area contributed by atoms with Gasteiger partial charge in [0.2, 0.25) is 5.91 Å². The molecule has 0 fully saturated rings. The SMILES string of the molecule is C[C@H](NC(=O)OCc1ccccc1)C(N)=O.[HH].[HH]. The van der Waals surface area contributed by atoms with Crippen LogP contribution >= 0.6 is 0 Å². The molecule has 0 radical (unpaired) electrons. The van der Waals surface area contributed by atoms with Gasteiger partial charge in [-0.25, -0.2) is 4.79 Å². The normalized spacial score (nSPS) is 11.6. The lowest BCUT2D eigenvalue weighted by atomic mass is 10.2. The zero-order valence-corrected chi connectivity index (χ0v) is 8.97. The number of carbonyl (C=O) groups excluding carboxylic acids is 2. The standard InChI is InChI=1S/C11H14N2O3.2H2/c1-8(10(12)14)13-11(15)16-7-9-5-3-2-4-6-9;;/h2-6,8H,7H2,1H3,(H2,12,14)(H,13,15);2*1H/t8-;;/m0../s1. The number of rotatable bonds is 4. The van der Waals surface area contributed by atoms with Gasteiger partial charge in [0, 0.05) is 2.85 Å². The number of hydrogen-bond acceptors (Lipinski definition) is 3. The molecule has 0 heterocycles. The van der Waals surface area contributed by atoms with E-state index in [0.29, 0.717) is 0 Å². The molecule has 3 N–H and O–H groups in total. The van der Waals surface area contributed by atoms with Crippen molar-refractivity contribution in [1.82, 2.24) is 5.32 Å². The Bertz CT molecular complexity index is 374. The fourth-order valence-electron chi connectivity index (χ4n) is 1.01. The number of carbonyl (C=O) groups is 2. The lowest BCUT2D eigenvalue weighted by molar-refractivity contribution is -0.119. The zero-order chi connectivity index (χ0) is 12.0. The summed E-state index contributed by atoms with van der Waals surface area (Å²) in [6.07, 6.45) is -0.657. The van der Waals surface area contributed by atoms with Crippen LogP contribution < -0.4 is 11.1 Å². The molecule has 0 aromatic heterocycles. The van der Waals surface area contributed by atoms with E-state index in [2.05, 4.69) is 5.32 Å². The van der Waals surface area contributed by atoms with E-state index in [1.165, 1.54) is 6.92 Å². The van der Waals surface area contributed by atoms with Crippen molar-refractivity contribution in [3.8, 4) is 0 Å². The lowest BCUT2D eigenvalue weighted by Crippen LogP contribution is -2.42. The Hall–Kier alpha value is -2.04. The molecule has 0 aliphatic rings. The minimum absolute atomic E-state index is 0. The van der Waals surface area contributed by atoms with Crippen molar-refractivity contribution in [2.75, 3.05) is 0 Å². The zero-order valence-electron chi connectivity index (χ0n) is 8.97. The van der Waals surface area contributed by atoms with Gasteiger partial charge >= 0.3 is 6.09 Å². The number of amides is 2. The summed E-state index contributed by atoms with van der Waals surface area (Å²) in [5.74, 6) is -0.600. The van der Waals surface area contributed by atoms with Crippen LogP contribution in [0.15, 0.2) is 30.3 Å². The minimum Gasteiger partial charge on any atom is -0.445 e. The van der Waals surface area contributed by atoms with Gasteiger partial charge in [-0.15, -0.1) is 0 Å². The predicted molar refractivity (Wildman–Crippen MR) is 62.6 cm³/mol. The van der Waals surface area contributed by atoms with Crippen LogP contribution in [-0.4, -0.2) is 18.0 Å². The van der Waals surface area contributed by atoms with Crippen LogP contribution in [0.4, 0.5) is 4.79 Å². The highest BCUT2D eigenvalue weighted by molar-refractivity contribution is 5.83. The van der Waals surface area contributed by atoms with Crippen LogP contribution in [0.5, 0.6) is 0 Å². The molecule has 1 atom stereocenters. The third kappa shape index (κ3) is 4.00. The molecular weight excluding hydrogens is 208 g/mol. The first-order valence-electron chi connectivity index (χ1n) is 4.86. The summed E-state index contributed by atoms with van der Waals surface area (Å²) in [7, 11) is 0. The van der Waals surface area contributed by atoms with Crippen LogP contribution in [0, 0.1) is 0 Å². The van der Waals surface area contributed by atoms with Crippen molar-refractivity contribution >= 4 is 12.0 Å². The fourth-order valence-corrected chi connectivity index (χ4v) is 1.01. The van der Waals surface area contributed by atoms with Crippen LogP contribution in [0.1, 0.15) is 15.3 Å². The summed E-state index contributed by atoms with van der Waals surface area (Å²) in [4.78, 5) is 21.9. The molecule has 0 aliphatic heterocycles. The van der Waals surface area contributed by atoms with Crippen LogP contribution in [0.3, 0.4) is 0 Å². The third-order valence-corrected chi connectivity index (χ3v) is 1.97. The lowest BCUT2D eigenvalue weighted by Gasteiger charge is -2.10. The maximum Gasteiger partial charge on any atom is 0.408 e. The molecule has 5 heteroatoms. The van der Waals surface area contributed by atoms with Gasteiger partial charge in [0.15, 0.2) is 0 Å². The highest BCUT2D eigenvalue weighted by Crippen LogP contribution is 2.00. The largest absolute Gasteiger partial charge is 0.445 e. The summed E-state index contributed by atoms with van der Waals surface area (Å²) in [5, 5.41) is 2.31. The van der Waals surface area contributed by atoms with Gasteiger partial charge in [0.25, 0.3) is 0 Å². The summed E-state index contributed by atoms with van der Waals surface area (Å²) < 4.78 is 4.89. The van der Waals surface area contributed by atoms with Crippen LogP contribution in [0.2, 0.25) is 0 Å². The van der Waals surface area contributed by atoms with Gasteiger partial charge in [-0.05, 0) is 12.5 Å². The fraction of sp³-hybridized carbons (Fsp3) is 0.273. The van der Waals surface area contributed by atoms with E-state index in [4.69, 9.17) is 10.5 Å². The number of nitrogens with two attached hydrogens (primary N) is 1. The minimum atomic E-state index is -0.733. The summed E-state index contributed by atoms with van der Waals surface area (Å²) in [6.45, 7) is 1.66. The molecule has 0 saturated carbocycles. The van der Waals surface area contributed by atoms with Crippen molar-refractivity contribution in [3.05, 3.63) is 35.9 Å². The van der Waals surface area contributed by atoms with Gasteiger partial charge in [-0.2, -0.15) is 0 Å². The smallest absolute Gasteiger partial charge is 0.408 e. The topological polar surface area (TPSA) is 81.4 Å². The maximum atomic E-state index is 11.2. The molecule has 0 unspecified atom stereocenters. The molecule has 0 aliphatic carbocycles. The molecule has 0 bridgehead atoms.